The van der Waals surface area contributed by atoms with Crippen molar-refractivity contribution in [1.29, 1.82) is 5.26 Å². The van der Waals surface area contributed by atoms with Gasteiger partial charge in [-0.3, -0.25) is 9.59 Å². The van der Waals surface area contributed by atoms with E-state index < -0.39 is 11.1 Å². The van der Waals surface area contributed by atoms with E-state index in [1.807, 2.05) is 78.9 Å². The quantitative estimate of drug-likeness (QED) is 0.349. The first-order valence-electron chi connectivity index (χ1n) is 10.8. The fraction of sp³-hybridized carbons (Fsp3) is 0. The molecule has 0 amide bonds. The number of fused-ring (bicyclic) bond motifs is 2. The highest BCUT2D eigenvalue weighted by Crippen LogP contribution is 2.33. The molecular weight excluding hydrogens is 458 g/mol. The lowest BCUT2D eigenvalue weighted by molar-refractivity contribution is 0.884. The minimum absolute atomic E-state index is 0.199. The summed E-state index contributed by atoms with van der Waals surface area (Å²) in [5.41, 5.74) is 1.57. The zero-order valence-corrected chi connectivity index (χ0v) is 18.9. The second kappa shape index (κ2) is 8.17. The van der Waals surface area contributed by atoms with Gasteiger partial charge in [-0.15, -0.1) is 0 Å². The van der Waals surface area contributed by atoms with E-state index in [9.17, 15) is 14.9 Å². The van der Waals surface area contributed by atoms with Gasteiger partial charge in [-0.1, -0.05) is 72.0 Å². The van der Waals surface area contributed by atoms with Crippen molar-refractivity contribution in [2.24, 2.45) is 0 Å². The summed E-state index contributed by atoms with van der Waals surface area (Å²) in [7, 11) is 0. The highest BCUT2D eigenvalue weighted by molar-refractivity contribution is 7.23. The van der Waals surface area contributed by atoms with Crippen molar-refractivity contribution in [1.82, 2.24) is 19.2 Å². The normalized spacial score (nSPS) is 11.1. The predicted octanol–water partition coefficient (Wildman–Crippen LogP) is 4.66. The van der Waals surface area contributed by atoms with Gasteiger partial charge in [0.1, 0.15) is 23.0 Å². The largest absolute Gasteiger partial charge is 0.280 e. The summed E-state index contributed by atoms with van der Waals surface area (Å²) < 4.78 is 3.40. The standard InChI is InChI=1S/C27H15N5O2S/c28-15-20-24(29-27-32(26(20)34)25(33)19-13-7-8-14-22(19)35-27)21-16-31(18-11-5-2-6-12-18)30-23(21)17-9-3-1-4-10-17/h1-14,16H. The third kappa shape index (κ3) is 3.34. The van der Waals surface area contributed by atoms with Gasteiger partial charge in [0.25, 0.3) is 11.1 Å². The summed E-state index contributed by atoms with van der Waals surface area (Å²) in [5.74, 6) is 0. The molecule has 166 valence electrons. The van der Waals surface area contributed by atoms with Gasteiger partial charge in [-0.2, -0.15) is 10.4 Å². The van der Waals surface area contributed by atoms with Crippen LogP contribution in [-0.4, -0.2) is 19.2 Å². The molecule has 0 radical (unpaired) electrons. The van der Waals surface area contributed by atoms with Gasteiger partial charge in [-0.25, -0.2) is 14.1 Å². The van der Waals surface area contributed by atoms with Crippen molar-refractivity contribution in [2.75, 3.05) is 0 Å². The molecule has 6 rings (SSSR count). The van der Waals surface area contributed by atoms with Crippen LogP contribution < -0.4 is 11.1 Å². The maximum atomic E-state index is 13.4. The average Bonchev–Trinajstić information content (AvgIpc) is 3.35. The highest BCUT2D eigenvalue weighted by Gasteiger charge is 2.23. The molecule has 0 bridgehead atoms. The summed E-state index contributed by atoms with van der Waals surface area (Å²) in [6.07, 6.45) is 1.76. The molecule has 0 unspecified atom stereocenters. The number of aromatic nitrogens is 4. The summed E-state index contributed by atoms with van der Waals surface area (Å²) in [6, 6.07) is 28.1. The number of benzene rings is 3. The van der Waals surface area contributed by atoms with Gasteiger partial charge in [0.15, 0.2) is 0 Å². The lowest BCUT2D eigenvalue weighted by Gasteiger charge is -2.07. The van der Waals surface area contributed by atoms with Crippen LogP contribution in [0.3, 0.4) is 0 Å². The van der Waals surface area contributed by atoms with Crippen LogP contribution in [0.4, 0.5) is 0 Å². The van der Waals surface area contributed by atoms with Crippen molar-refractivity contribution in [3.8, 4) is 34.3 Å². The summed E-state index contributed by atoms with van der Waals surface area (Å²) in [4.78, 5) is 31.4. The van der Waals surface area contributed by atoms with Crippen molar-refractivity contribution in [3.63, 3.8) is 0 Å². The number of nitriles is 1. The van der Waals surface area contributed by atoms with Crippen molar-refractivity contribution in [2.45, 2.75) is 0 Å². The fourth-order valence-corrected chi connectivity index (χ4v) is 5.07. The third-order valence-corrected chi connectivity index (χ3v) is 6.76. The van der Waals surface area contributed by atoms with Crippen molar-refractivity contribution < 1.29 is 0 Å². The molecule has 35 heavy (non-hydrogen) atoms. The maximum absolute atomic E-state index is 13.4. The van der Waals surface area contributed by atoms with Crippen LogP contribution in [-0.2, 0) is 0 Å². The molecule has 7 nitrogen and oxygen atoms in total. The monoisotopic (exact) mass is 473 g/mol. The Bertz CT molecular complexity index is 1900. The van der Waals surface area contributed by atoms with Crippen LogP contribution in [0.2, 0.25) is 0 Å². The summed E-state index contributed by atoms with van der Waals surface area (Å²) in [6.45, 7) is 0. The zero-order chi connectivity index (χ0) is 23.9. The van der Waals surface area contributed by atoms with E-state index in [1.54, 1.807) is 23.0 Å². The number of para-hydroxylation sites is 1. The van der Waals surface area contributed by atoms with E-state index in [-0.39, 0.29) is 16.2 Å². The SMILES string of the molecule is N#Cc1c(-c2cn(-c3ccccc3)nc2-c2ccccc2)nc2sc3ccccc3c(=O)n2c1=O. The van der Waals surface area contributed by atoms with Gasteiger partial charge in [-0.05, 0) is 24.3 Å². The smallest absolute Gasteiger partial charge is 0.268 e. The Morgan fingerprint density at radius 3 is 2.23 bits per heavy atom. The fourth-order valence-electron chi connectivity index (χ4n) is 4.07. The molecule has 0 aliphatic heterocycles. The average molecular weight is 474 g/mol. The molecule has 0 atom stereocenters. The summed E-state index contributed by atoms with van der Waals surface area (Å²) >= 11 is 1.23. The Morgan fingerprint density at radius 1 is 0.800 bits per heavy atom. The van der Waals surface area contributed by atoms with E-state index in [1.165, 1.54) is 11.3 Å². The van der Waals surface area contributed by atoms with Gasteiger partial charge in [0, 0.05) is 22.0 Å². The van der Waals surface area contributed by atoms with Gasteiger partial charge in [0.05, 0.1) is 11.1 Å². The van der Waals surface area contributed by atoms with Gasteiger partial charge >= 0.3 is 0 Å². The summed E-state index contributed by atoms with van der Waals surface area (Å²) in [5, 5.41) is 15.2. The van der Waals surface area contributed by atoms with Crippen LogP contribution in [0.5, 0.6) is 0 Å². The van der Waals surface area contributed by atoms with Gasteiger partial charge in [0.2, 0.25) is 4.96 Å². The first-order valence-corrected chi connectivity index (χ1v) is 11.6. The van der Waals surface area contributed by atoms with Crippen LogP contribution in [0.15, 0.2) is 101 Å². The predicted molar refractivity (Wildman–Crippen MR) is 136 cm³/mol. The molecule has 6 aromatic rings. The number of rotatable bonds is 3. The first kappa shape index (κ1) is 20.7. The first-order chi connectivity index (χ1) is 17.2. The van der Waals surface area contributed by atoms with E-state index in [4.69, 9.17) is 5.10 Å². The Morgan fingerprint density at radius 2 is 1.49 bits per heavy atom. The molecule has 0 aliphatic carbocycles. The molecule has 0 saturated carbocycles. The van der Waals surface area contributed by atoms with E-state index in [0.29, 0.717) is 21.3 Å². The molecule has 0 fully saturated rings. The Balaban J connectivity index is 1.71. The number of hydrogen-bond donors (Lipinski definition) is 0. The van der Waals surface area contributed by atoms with Crippen LogP contribution in [0.1, 0.15) is 5.56 Å². The number of nitrogens with zero attached hydrogens (tertiary/aromatic N) is 5. The molecule has 8 heteroatoms. The topological polar surface area (TPSA) is 93.0 Å². The lowest BCUT2D eigenvalue weighted by atomic mass is 10.0. The molecule has 3 aromatic carbocycles. The second-order valence-corrected chi connectivity index (χ2v) is 8.82. The highest BCUT2D eigenvalue weighted by atomic mass is 32.1. The molecule has 0 spiro atoms. The van der Waals surface area contributed by atoms with Crippen molar-refractivity contribution in [3.05, 3.63) is 117 Å². The number of hydrogen-bond acceptors (Lipinski definition) is 6. The minimum atomic E-state index is -0.689. The van der Waals surface area contributed by atoms with Crippen molar-refractivity contribution >= 4 is 26.4 Å². The lowest BCUT2D eigenvalue weighted by Crippen LogP contribution is -2.29. The third-order valence-electron chi connectivity index (χ3n) is 5.72. The molecule has 0 saturated heterocycles. The minimum Gasteiger partial charge on any atom is -0.268 e. The van der Waals surface area contributed by atoms with Crippen LogP contribution in [0, 0.1) is 11.3 Å². The maximum Gasteiger partial charge on any atom is 0.280 e. The molecular formula is C27H15N5O2S. The molecule has 3 heterocycles. The zero-order valence-electron chi connectivity index (χ0n) is 18.1. The Hall–Kier alpha value is -4.87. The van der Waals surface area contributed by atoms with Gasteiger partial charge < -0.3 is 0 Å². The Labute approximate surface area is 202 Å². The molecule has 0 N–H and O–H groups in total. The van der Waals surface area contributed by atoms with Crippen LogP contribution in [0.25, 0.3) is 43.2 Å². The molecule has 0 aliphatic rings. The second-order valence-electron chi connectivity index (χ2n) is 7.81. The van der Waals surface area contributed by atoms with E-state index in [2.05, 4.69) is 4.98 Å². The van der Waals surface area contributed by atoms with E-state index in [0.717, 1.165) is 15.7 Å². The van der Waals surface area contributed by atoms with E-state index >= 15 is 0 Å². The van der Waals surface area contributed by atoms with Crippen LogP contribution >= 0.6 is 11.3 Å². The molecule has 3 aromatic heterocycles. The Kier molecular flexibility index (Phi) is 4.83.